The van der Waals surface area contributed by atoms with Crippen LogP contribution in [0.3, 0.4) is 0 Å². The van der Waals surface area contributed by atoms with E-state index in [1.54, 1.807) is 7.11 Å². The molecule has 0 saturated heterocycles. The van der Waals surface area contributed by atoms with E-state index in [-0.39, 0.29) is 6.10 Å². The number of hydrogen-bond donors (Lipinski definition) is 1. The molecule has 0 amide bonds. The van der Waals surface area contributed by atoms with Crippen molar-refractivity contribution in [3.8, 4) is 0 Å². The molecule has 74 valence electrons. The standard InChI is InChI=1S/C10H22O2/c1-5-6-7-8-10(3,11)9(2)12-4/h9,11H,5-8H2,1-4H3. The SMILES string of the molecule is CCCCCC(C)(O)C(C)OC. The molecule has 2 heteroatoms. The first-order valence-corrected chi connectivity index (χ1v) is 4.79. The van der Waals surface area contributed by atoms with Gasteiger partial charge in [-0.2, -0.15) is 0 Å². The molecule has 0 aliphatic heterocycles. The zero-order valence-electron chi connectivity index (χ0n) is 8.76. The summed E-state index contributed by atoms with van der Waals surface area (Å²) in [4.78, 5) is 0. The normalized spacial score (nSPS) is 18.8. The largest absolute Gasteiger partial charge is 0.387 e. The van der Waals surface area contributed by atoms with E-state index in [0.29, 0.717) is 0 Å². The third-order valence-electron chi connectivity index (χ3n) is 2.52. The second-order valence-electron chi connectivity index (χ2n) is 3.69. The van der Waals surface area contributed by atoms with E-state index in [2.05, 4.69) is 6.92 Å². The van der Waals surface area contributed by atoms with Gasteiger partial charge in [-0.15, -0.1) is 0 Å². The number of hydrogen-bond acceptors (Lipinski definition) is 2. The Bertz CT molecular complexity index is 110. The molecule has 0 aliphatic rings. The zero-order chi connectivity index (χ0) is 9.61. The molecule has 2 unspecified atom stereocenters. The van der Waals surface area contributed by atoms with Crippen molar-refractivity contribution in [3.05, 3.63) is 0 Å². The minimum atomic E-state index is -0.663. The fourth-order valence-corrected chi connectivity index (χ4v) is 1.19. The van der Waals surface area contributed by atoms with Crippen molar-refractivity contribution in [2.75, 3.05) is 7.11 Å². The molecule has 0 aromatic carbocycles. The summed E-state index contributed by atoms with van der Waals surface area (Å²) in [5.41, 5.74) is -0.663. The number of methoxy groups -OCH3 is 1. The van der Waals surface area contributed by atoms with Crippen LogP contribution in [-0.2, 0) is 4.74 Å². The van der Waals surface area contributed by atoms with Crippen LogP contribution in [0.2, 0.25) is 0 Å². The highest BCUT2D eigenvalue weighted by Gasteiger charge is 2.27. The van der Waals surface area contributed by atoms with Crippen molar-refractivity contribution in [1.82, 2.24) is 0 Å². The summed E-state index contributed by atoms with van der Waals surface area (Å²) in [7, 11) is 1.64. The van der Waals surface area contributed by atoms with Crippen LogP contribution in [0.15, 0.2) is 0 Å². The van der Waals surface area contributed by atoms with Crippen molar-refractivity contribution in [2.45, 2.75) is 58.2 Å². The molecule has 0 bridgehead atoms. The van der Waals surface area contributed by atoms with E-state index in [1.165, 1.54) is 12.8 Å². The van der Waals surface area contributed by atoms with Crippen LogP contribution in [0.1, 0.15) is 46.5 Å². The van der Waals surface area contributed by atoms with Crippen LogP contribution in [0.25, 0.3) is 0 Å². The molecule has 0 saturated carbocycles. The lowest BCUT2D eigenvalue weighted by Crippen LogP contribution is -2.38. The van der Waals surface area contributed by atoms with E-state index >= 15 is 0 Å². The molecule has 0 fully saturated rings. The monoisotopic (exact) mass is 174 g/mol. The van der Waals surface area contributed by atoms with Gasteiger partial charge in [-0.1, -0.05) is 26.2 Å². The molecule has 0 aromatic rings. The third kappa shape index (κ3) is 4.07. The van der Waals surface area contributed by atoms with Crippen molar-refractivity contribution in [3.63, 3.8) is 0 Å². The second kappa shape index (κ2) is 5.55. The van der Waals surface area contributed by atoms with Gasteiger partial charge in [0.25, 0.3) is 0 Å². The Morgan fingerprint density at radius 1 is 1.42 bits per heavy atom. The van der Waals surface area contributed by atoms with Gasteiger partial charge in [0.15, 0.2) is 0 Å². The Hall–Kier alpha value is -0.0800. The van der Waals surface area contributed by atoms with Gasteiger partial charge in [-0.25, -0.2) is 0 Å². The fourth-order valence-electron chi connectivity index (χ4n) is 1.19. The van der Waals surface area contributed by atoms with Gasteiger partial charge >= 0.3 is 0 Å². The van der Waals surface area contributed by atoms with E-state index in [4.69, 9.17) is 4.74 Å². The molecule has 0 aromatic heterocycles. The predicted octanol–water partition coefficient (Wildman–Crippen LogP) is 2.35. The highest BCUT2D eigenvalue weighted by atomic mass is 16.5. The third-order valence-corrected chi connectivity index (χ3v) is 2.52. The Morgan fingerprint density at radius 3 is 2.42 bits per heavy atom. The number of aliphatic hydroxyl groups is 1. The van der Waals surface area contributed by atoms with Crippen molar-refractivity contribution in [1.29, 1.82) is 0 Å². The van der Waals surface area contributed by atoms with Gasteiger partial charge in [-0.3, -0.25) is 0 Å². The maximum absolute atomic E-state index is 9.88. The number of unbranched alkanes of at least 4 members (excludes halogenated alkanes) is 2. The minimum Gasteiger partial charge on any atom is -0.387 e. The summed E-state index contributed by atoms with van der Waals surface area (Å²) < 4.78 is 5.10. The van der Waals surface area contributed by atoms with Crippen LogP contribution in [0.4, 0.5) is 0 Å². The topological polar surface area (TPSA) is 29.5 Å². The molecular formula is C10H22O2. The number of ether oxygens (including phenoxy) is 1. The van der Waals surface area contributed by atoms with E-state index in [0.717, 1.165) is 12.8 Å². The van der Waals surface area contributed by atoms with Gasteiger partial charge < -0.3 is 9.84 Å². The van der Waals surface area contributed by atoms with Crippen LogP contribution in [0, 0.1) is 0 Å². The van der Waals surface area contributed by atoms with Crippen molar-refractivity contribution >= 4 is 0 Å². The lowest BCUT2D eigenvalue weighted by Gasteiger charge is -2.29. The Balaban J connectivity index is 3.70. The second-order valence-corrected chi connectivity index (χ2v) is 3.69. The summed E-state index contributed by atoms with van der Waals surface area (Å²) in [6.45, 7) is 5.91. The maximum Gasteiger partial charge on any atom is 0.0877 e. The molecule has 0 radical (unpaired) electrons. The first kappa shape index (κ1) is 11.9. The fraction of sp³-hybridized carbons (Fsp3) is 1.00. The van der Waals surface area contributed by atoms with Crippen molar-refractivity contribution < 1.29 is 9.84 Å². The lowest BCUT2D eigenvalue weighted by atomic mass is 9.93. The van der Waals surface area contributed by atoms with Crippen LogP contribution in [-0.4, -0.2) is 23.9 Å². The molecule has 2 nitrogen and oxygen atoms in total. The first-order valence-electron chi connectivity index (χ1n) is 4.79. The van der Waals surface area contributed by atoms with Gasteiger partial charge in [0.2, 0.25) is 0 Å². The summed E-state index contributed by atoms with van der Waals surface area (Å²) in [5.74, 6) is 0. The van der Waals surface area contributed by atoms with E-state index in [1.807, 2.05) is 13.8 Å². The van der Waals surface area contributed by atoms with E-state index in [9.17, 15) is 5.11 Å². The smallest absolute Gasteiger partial charge is 0.0877 e. The minimum absolute atomic E-state index is 0.0747. The average Bonchev–Trinajstić information content (AvgIpc) is 2.03. The zero-order valence-corrected chi connectivity index (χ0v) is 8.76. The Labute approximate surface area is 75.9 Å². The molecular weight excluding hydrogens is 152 g/mol. The van der Waals surface area contributed by atoms with Gasteiger partial charge in [-0.05, 0) is 20.3 Å². The van der Waals surface area contributed by atoms with Crippen LogP contribution >= 0.6 is 0 Å². The molecule has 0 aliphatic carbocycles. The highest BCUT2D eigenvalue weighted by Crippen LogP contribution is 2.20. The number of rotatable bonds is 6. The molecule has 2 atom stereocenters. The van der Waals surface area contributed by atoms with E-state index < -0.39 is 5.60 Å². The Kier molecular flexibility index (Phi) is 5.51. The molecule has 12 heavy (non-hydrogen) atoms. The lowest BCUT2D eigenvalue weighted by molar-refractivity contribution is -0.0780. The van der Waals surface area contributed by atoms with Gasteiger partial charge in [0, 0.05) is 7.11 Å². The molecule has 0 spiro atoms. The maximum atomic E-state index is 9.88. The average molecular weight is 174 g/mol. The summed E-state index contributed by atoms with van der Waals surface area (Å²) in [6.07, 6.45) is 4.21. The quantitative estimate of drug-likeness (QED) is 0.626. The first-order chi connectivity index (χ1) is 5.54. The van der Waals surface area contributed by atoms with Crippen LogP contribution in [0.5, 0.6) is 0 Å². The molecule has 0 heterocycles. The predicted molar refractivity (Wildman–Crippen MR) is 51.2 cm³/mol. The summed E-state index contributed by atoms with van der Waals surface area (Å²) >= 11 is 0. The highest BCUT2D eigenvalue weighted by molar-refractivity contribution is 4.79. The Morgan fingerprint density at radius 2 is 2.00 bits per heavy atom. The summed E-state index contributed by atoms with van der Waals surface area (Å²) in [6, 6.07) is 0. The van der Waals surface area contributed by atoms with Crippen LogP contribution < -0.4 is 0 Å². The molecule has 1 N–H and O–H groups in total. The van der Waals surface area contributed by atoms with Gasteiger partial charge in [0.1, 0.15) is 0 Å². The van der Waals surface area contributed by atoms with Crippen molar-refractivity contribution in [2.24, 2.45) is 0 Å². The molecule has 0 rings (SSSR count). The van der Waals surface area contributed by atoms with Gasteiger partial charge in [0.05, 0.1) is 11.7 Å². The summed E-state index contributed by atoms with van der Waals surface area (Å²) in [5, 5.41) is 9.88.